The summed E-state index contributed by atoms with van der Waals surface area (Å²) in [5, 5.41) is 5.10. The van der Waals surface area contributed by atoms with Crippen LogP contribution in [0.1, 0.15) is 17.2 Å². The quantitative estimate of drug-likeness (QED) is 0.849. The zero-order valence-electron chi connectivity index (χ0n) is 14.1. The molecule has 1 aliphatic rings. The molecule has 1 aromatic carbocycles. The number of hydrogen-bond donors (Lipinski definition) is 2. The molecule has 2 amide bonds. The van der Waals surface area contributed by atoms with Gasteiger partial charge in [0.2, 0.25) is 5.91 Å². The van der Waals surface area contributed by atoms with Crippen molar-refractivity contribution in [2.24, 2.45) is 0 Å². The van der Waals surface area contributed by atoms with Crippen LogP contribution in [0, 0.1) is 5.82 Å². The highest BCUT2D eigenvalue weighted by molar-refractivity contribution is 5.88. The van der Waals surface area contributed by atoms with Crippen LogP contribution in [0.3, 0.4) is 0 Å². The van der Waals surface area contributed by atoms with Crippen LogP contribution in [-0.2, 0) is 16.1 Å². The average Bonchev–Trinajstić information content (AvgIpc) is 3.01. The van der Waals surface area contributed by atoms with E-state index in [0.29, 0.717) is 0 Å². The van der Waals surface area contributed by atoms with Gasteiger partial charge in [0.1, 0.15) is 24.2 Å². The molecule has 0 saturated carbocycles. The Hall–Kier alpha value is -3.16. The number of aromatic nitrogens is 1. The molecule has 0 aliphatic carbocycles. The molecule has 0 bridgehead atoms. The Balaban J connectivity index is 1.67. The Bertz CT molecular complexity index is 800. The van der Waals surface area contributed by atoms with Crippen molar-refractivity contribution in [3.8, 4) is 5.75 Å². The van der Waals surface area contributed by atoms with Gasteiger partial charge in [0, 0.05) is 12.6 Å². The second-order valence-electron chi connectivity index (χ2n) is 5.78. The lowest BCUT2D eigenvalue weighted by Crippen LogP contribution is -2.43. The lowest BCUT2D eigenvalue weighted by atomic mass is 9.98. The topological polar surface area (TPSA) is 89.5 Å². The van der Waals surface area contributed by atoms with E-state index in [1.807, 2.05) is 30.3 Å². The highest BCUT2D eigenvalue weighted by atomic mass is 19.1. The smallest absolute Gasteiger partial charge is 0.408 e. The molecule has 1 saturated heterocycles. The molecule has 3 rings (SSSR count). The van der Waals surface area contributed by atoms with Crippen molar-refractivity contribution in [1.29, 1.82) is 0 Å². The van der Waals surface area contributed by atoms with Gasteiger partial charge in [-0.3, -0.25) is 9.78 Å². The van der Waals surface area contributed by atoms with Crippen LogP contribution in [0.25, 0.3) is 0 Å². The number of rotatable bonds is 5. The van der Waals surface area contributed by atoms with E-state index in [1.165, 1.54) is 19.4 Å². The van der Waals surface area contributed by atoms with Crippen LogP contribution in [0.2, 0.25) is 0 Å². The van der Waals surface area contributed by atoms with Crippen molar-refractivity contribution in [3.63, 3.8) is 0 Å². The van der Waals surface area contributed by atoms with Gasteiger partial charge >= 0.3 is 6.09 Å². The second kappa shape index (κ2) is 7.81. The molecule has 1 fully saturated rings. The maximum atomic E-state index is 14.3. The third kappa shape index (κ3) is 3.90. The third-order valence-electron chi connectivity index (χ3n) is 4.10. The van der Waals surface area contributed by atoms with Crippen molar-refractivity contribution in [1.82, 2.24) is 15.6 Å². The minimum Gasteiger partial charge on any atom is -0.495 e. The molecule has 2 heterocycles. The first-order chi connectivity index (χ1) is 12.6. The van der Waals surface area contributed by atoms with E-state index in [0.717, 1.165) is 5.56 Å². The molecule has 26 heavy (non-hydrogen) atoms. The summed E-state index contributed by atoms with van der Waals surface area (Å²) >= 11 is 0. The van der Waals surface area contributed by atoms with Crippen LogP contribution in [0.5, 0.6) is 5.75 Å². The normalized spacial score (nSPS) is 18.9. The maximum Gasteiger partial charge on any atom is 0.408 e. The first kappa shape index (κ1) is 17.7. The van der Waals surface area contributed by atoms with E-state index in [4.69, 9.17) is 9.47 Å². The highest BCUT2D eigenvalue weighted by Crippen LogP contribution is 2.26. The second-order valence-corrected chi connectivity index (χ2v) is 5.78. The summed E-state index contributed by atoms with van der Waals surface area (Å²) in [6.07, 6.45) is 0.612. The van der Waals surface area contributed by atoms with Gasteiger partial charge in [-0.05, 0) is 5.56 Å². The van der Waals surface area contributed by atoms with Gasteiger partial charge in [0.15, 0.2) is 0 Å². The number of pyridine rings is 1. The van der Waals surface area contributed by atoms with Gasteiger partial charge < -0.3 is 20.1 Å². The molecule has 2 atom stereocenters. The summed E-state index contributed by atoms with van der Waals surface area (Å²) < 4.78 is 24.3. The molecule has 2 N–H and O–H groups in total. The third-order valence-corrected chi connectivity index (χ3v) is 4.10. The first-order valence-electron chi connectivity index (χ1n) is 8.03. The summed E-state index contributed by atoms with van der Waals surface area (Å²) in [4.78, 5) is 28.1. The molecule has 136 valence electrons. The Kier molecular flexibility index (Phi) is 5.31. The van der Waals surface area contributed by atoms with Crippen LogP contribution in [-0.4, -0.2) is 36.7 Å². The molecular formula is C18H18FN3O4. The molecule has 8 heteroatoms. The fraction of sp³-hybridized carbons (Fsp3) is 0.278. The highest BCUT2D eigenvalue weighted by Gasteiger charge is 2.39. The summed E-state index contributed by atoms with van der Waals surface area (Å²) in [5.41, 5.74) is 0.899. The SMILES string of the molecule is COc1cnc(C2CNC(=O)C2NC(=O)OCc2ccccc2)c(F)c1. The molecule has 1 aliphatic heterocycles. The predicted molar refractivity (Wildman–Crippen MR) is 90.0 cm³/mol. The molecule has 0 radical (unpaired) electrons. The Labute approximate surface area is 149 Å². The van der Waals surface area contributed by atoms with Gasteiger partial charge in [-0.15, -0.1) is 0 Å². The van der Waals surface area contributed by atoms with E-state index < -0.39 is 29.8 Å². The monoisotopic (exact) mass is 359 g/mol. The molecule has 0 spiro atoms. The van der Waals surface area contributed by atoms with E-state index in [9.17, 15) is 14.0 Å². The fourth-order valence-electron chi connectivity index (χ4n) is 2.75. The number of nitrogens with zero attached hydrogens (tertiary/aromatic N) is 1. The number of carbonyl (C=O) groups excluding carboxylic acids is 2. The Morgan fingerprint density at radius 1 is 1.38 bits per heavy atom. The number of amides is 2. The van der Waals surface area contributed by atoms with E-state index in [-0.39, 0.29) is 24.6 Å². The number of ether oxygens (including phenoxy) is 2. The maximum absolute atomic E-state index is 14.3. The van der Waals surface area contributed by atoms with Gasteiger partial charge in [0.25, 0.3) is 0 Å². The van der Waals surface area contributed by atoms with Gasteiger partial charge in [-0.2, -0.15) is 0 Å². The minimum absolute atomic E-state index is 0.0703. The fourth-order valence-corrected chi connectivity index (χ4v) is 2.75. The molecular weight excluding hydrogens is 341 g/mol. The van der Waals surface area contributed by atoms with Crippen molar-refractivity contribution in [2.45, 2.75) is 18.6 Å². The van der Waals surface area contributed by atoms with E-state index in [1.54, 1.807) is 0 Å². The molecule has 2 unspecified atom stereocenters. The molecule has 7 nitrogen and oxygen atoms in total. The summed E-state index contributed by atoms with van der Waals surface area (Å²) in [5.74, 6) is -1.38. The molecule has 2 aromatic rings. The van der Waals surface area contributed by atoms with E-state index in [2.05, 4.69) is 15.6 Å². The lowest BCUT2D eigenvalue weighted by Gasteiger charge is -2.18. The number of carbonyl (C=O) groups is 2. The Morgan fingerprint density at radius 2 is 2.15 bits per heavy atom. The predicted octanol–water partition coefficient (Wildman–Crippen LogP) is 1.74. The molecule has 1 aromatic heterocycles. The number of nitrogens with one attached hydrogen (secondary N) is 2. The minimum atomic E-state index is -0.964. The van der Waals surface area contributed by atoms with E-state index >= 15 is 0 Å². The summed E-state index contributed by atoms with van der Waals surface area (Å²) in [6, 6.07) is 9.37. The summed E-state index contributed by atoms with van der Waals surface area (Å²) in [6.45, 7) is 0.236. The van der Waals surface area contributed by atoms with Crippen molar-refractivity contribution < 1.29 is 23.5 Å². The van der Waals surface area contributed by atoms with Crippen LogP contribution in [0.15, 0.2) is 42.6 Å². The number of hydrogen-bond acceptors (Lipinski definition) is 5. The average molecular weight is 359 g/mol. The lowest BCUT2D eigenvalue weighted by molar-refractivity contribution is -0.120. The van der Waals surface area contributed by atoms with Crippen molar-refractivity contribution in [3.05, 3.63) is 59.7 Å². The standard InChI is InChI=1S/C18H18FN3O4/c1-25-12-7-14(19)15(20-8-12)13-9-21-17(23)16(13)22-18(24)26-10-11-5-3-2-4-6-11/h2-8,13,16H,9-10H2,1H3,(H,21,23)(H,22,24). The van der Waals surface area contributed by atoms with Crippen LogP contribution >= 0.6 is 0 Å². The zero-order valence-corrected chi connectivity index (χ0v) is 14.1. The number of halogens is 1. The Morgan fingerprint density at radius 3 is 2.85 bits per heavy atom. The number of alkyl carbamates (subject to hydrolysis) is 1. The van der Waals surface area contributed by atoms with Crippen molar-refractivity contribution in [2.75, 3.05) is 13.7 Å². The number of methoxy groups -OCH3 is 1. The van der Waals surface area contributed by atoms with Gasteiger partial charge in [-0.25, -0.2) is 9.18 Å². The van der Waals surface area contributed by atoms with Gasteiger partial charge in [-0.1, -0.05) is 30.3 Å². The zero-order chi connectivity index (χ0) is 18.5. The first-order valence-corrected chi connectivity index (χ1v) is 8.03. The van der Waals surface area contributed by atoms with Crippen LogP contribution in [0.4, 0.5) is 9.18 Å². The van der Waals surface area contributed by atoms with Crippen LogP contribution < -0.4 is 15.4 Å². The van der Waals surface area contributed by atoms with Crippen molar-refractivity contribution >= 4 is 12.0 Å². The largest absolute Gasteiger partial charge is 0.495 e. The van der Waals surface area contributed by atoms with Gasteiger partial charge in [0.05, 0.1) is 24.9 Å². The summed E-state index contributed by atoms with van der Waals surface area (Å²) in [7, 11) is 1.41. The number of benzene rings is 1.